The van der Waals surface area contributed by atoms with Gasteiger partial charge in [0.2, 0.25) is 0 Å². The molecule has 0 saturated carbocycles. The zero-order valence-electron chi connectivity index (χ0n) is 9.58. The molecule has 1 aliphatic rings. The number of azide groups is 1. The van der Waals surface area contributed by atoms with E-state index >= 15 is 0 Å². The Balaban J connectivity index is 2.38. The topological polar surface area (TPSA) is 153 Å². The number of aliphatic hydroxyl groups excluding tert-OH is 2. The van der Waals surface area contributed by atoms with Crippen LogP contribution in [0.4, 0.5) is 0 Å². The maximum atomic E-state index is 11.6. The van der Waals surface area contributed by atoms with Crippen LogP contribution in [0, 0.1) is 0 Å². The van der Waals surface area contributed by atoms with Crippen LogP contribution in [0.3, 0.4) is 0 Å². The smallest absolute Gasteiger partial charge is 0.330 e. The van der Waals surface area contributed by atoms with Crippen molar-refractivity contribution < 1.29 is 14.9 Å². The molecule has 2 rings (SSSR count). The molecular formula is C9H11N5O5. The maximum absolute atomic E-state index is 11.6. The molecule has 0 bridgehead atoms. The molecule has 1 aromatic rings. The monoisotopic (exact) mass is 269 g/mol. The van der Waals surface area contributed by atoms with E-state index in [2.05, 4.69) is 10.0 Å². The molecule has 4 atom stereocenters. The molecular weight excluding hydrogens is 258 g/mol. The van der Waals surface area contributed by atoms with Gasteiger partial charge in [0, 0.05) is 17.2 Å². The Hall–Kier alpha value is -2.13. The SMILES string of the molecule is [N-]=[N+]=N[C@@H]1[C@@H](O)[C@H](n2ccc(=O)[nH]c2=O)O[C@@H]1CO. The van der Waals surface area contributed by atoms with Crippen molar-refractivity contribution in [2.75, 3.05) is 6.61 Å². The molecule has 0 aromatic carbocycles. The van der Waals surface area contributed by atoms with Crippen LogP contribution in [-0.2, 0) is 4.74 Å². The van der Waals surface area contributed by atoms with Crippen molar-refractivity contribution in [1.82, 2.24) is 9.55 Å². The number of hydrogen-bond acceptors (Lipinski definition) is 6. The lowest BCUT2D eigenvalue weighted by atomic mass is 10.1. The first-order valence-electron chi connectivity index (χ1n) is 5.38. The van der Waals surface area contributed by atoms with Crippen molar-refractivity contribution in [3.63, 3.8) is 0 Å². The molecule has 19 heavy (non-hydrogen) atoms. The summed E-state index contributed by atoms with van der Waals surface area (Å²) in [5.74, 6) is 0. The van der Waals surface area contributed by atoms with Gasteiger partial charge in [-0.3, -0.25) is 14.3 Å². The molecule has 0 aliphatic carbocycles. The van der Waals surface area contributed by atoms with Gasteiger partial charge in [-0.15, -0.1) is 0 Å². The van der Waals surface area contributed by atoms with E-state index < -0.39 is 42.3 Å². The summed E-state index contributed by atoms with van der Waals surface area (Å²) in [6, 6.07) is 0.0746. The molecule has 0 spiro atoms. The molecule has 10 nitrogen and oxygen atoms in total. The van der Waals surface area contributed by atoms with E-state index in [1.807, 2.05) is 4.98 Å². The molecule has 0 amide bonds. The van der Waals surface area contributed by atoms with E-state index in [0.717, 1.165) is 16.8 Å². The summed E-state index contributed by atoms with van der Waals surface area (Å²) in [5, 5.41) is 22.4. The van der Waals surface area contributed by atoms with Crippen molar-refractivity contribution in [1.29, 1.82) is 0 Å². The van der Waals surface area contributed by atoms with Crippen molar-refractivity contribution in [2.24, 2.45) is 5.11 Å². The first kappa shape index (κ1) is 13.3. The molecule has 3 N–H and O–H groups in total. The summed E-state index contributed by atoms with van der Waals surface area (Å²) in [4.78, 5) is 27.1. The van der Waals surface area contributed by atoms with Gasteiger partial charge < -0.3 is 14.9 Å². The second kappa shape index (κ2) is 5.24. The molecule has 0 unspecified atom stereocenters. The Morgan fingerprint density at radius 2 is 2.32 bits per heavy atom. The number of aromatic amines is 1. The number of nitrogens with zero attached hydrogens (tertiary/aromatic N) is 4. The van der Waals surface area contributed by atoms with Gasteiger partial charge >= 0.3 is 5.69 Å². The molecule has 2 heterocycles. The van der Waals surface area contributed by atoms with Gasteiger partial charge in [0.1, 0.15) is 6.10 Å². The van der Waals surface area contributed by atoms with E-state index in [1.54, 1.807) is 0 Å². The lowest BCUT2D eigenvalue weighted by Gasteiger charge is -2.16. The number of hydrogen-bond donors (Lipinski definition) is 3. The number of ether oxygens (including phenoxy) is 1. The normalized spacial score (nSPS) is 30.0. The summed E-state index contributed by atoms with van der Waals surface area (Å²) in [7, 11) is 0. The maximum Gasteiger partial charge on any atom is 0.330 e. The molecule has 10 heteroatoms. The van der Waals surface area contributed by atoms with E-state index in [9.17, 15) is 14.7 Å². The fraction of sp³-hybridized carbons (Fsp3) is 0.556. The van der Waals surface area contributed by atoms with Gasteiger partial charge in [-0.1, -0.05) is 5.11 Å². The molecule has 102 valence electrons. The van der Waals surface area contributed by atoms with Crippen LogP contribution in [0.25, 0.3) is 10.4 Å². The van der Waals surface area contributed by atoms with Crippen LogP contribution in [0.2, 0.25) is 0 Å². The minimum absolute atomic E-state index is 0.477. The molecule has 1 aliphatic heterocycles. The standard InChI is InChI=1S/C9H11N5O5/c10-13-12-6-4(3-15)19-8(7(6)17)14-2-1-5(16)11-9(14)18/h1-2,4,6-8,15,17H,3H2,(H,11,16,18)/t4-,6+,7-,8-/m1/s1. The minimum atomic E-state index is -1.31. The van der Waals surface area contributed by atoms with E-state index in [1.165, 1.54) is 0 Å². The fourth-order valence-electron chi connectivity index (χ4n) is 1.94. The zero-order valence-corrected chi connectivity index (χ0v) is 9.58. The Bertz CT molecular complexity index is 618. The van der Waals surface area contributed by atoms with Gasteiger partial charge in [0.25, 0.3) is 5.56 Å². The second-order valence-electron chi connectivity index (χ2n) is 3.95. The van der Waals surface area contributed by atoms with Crippen molar-refractivity contribution >= 4 is 0 Å². The lowest BCUT2D eigenvalue weighted by molar-refractivity contribution is -0.0532. The predicted molar refractivity (Wildman–Crippen MR) is 61.3 cm³/mol. The highest BCUT2D eigenvalue weighted by Gasteiger charge is 2.44. The number of H-pyrrole nitrogens is 1. The summed E-state index contributed by atoms with van der Waals surface area (Å²) < 4.78 is 6.23. The number of rotatable bonds is 3. The third kappa shape index (κ3) is 2.37. The Morgan fingerprint density at radius 1 is 1.58 bits per heavy atom. The third-order valence-electron chi connectivity index (χ3n) is 2.83. The lowest BCUT2D eigenvalue weighted by Crippen LogP contribution is -2.37. The quantitative estimate of drug-likeness (QED) is 0.345. The van der Waals surface area contributed by atoms with Gasteiger partial charge in [-0.2, -0.15) is 0 Å². The van der Waals surface area contributed by atoms with Crippen molar-refractivity contribution in [2.45, 2.75) is 24.5 Å². The van der Waals surface area contributed by atoms with Gasteiger partial charge in [-0.05, 0) is 5.53 Å². The summed E-state index contributed by atoms with van der Waals surface area (Å²) in [6.45, 7) is -0.477. The third-order valence-corrected chi connectivity index (χ3v) is 2.83. The van der Waals surface area contributed by atoms with E-state index in [4.69, 9.17) is 15.4 Å². The van der Waals surface area contributed by atoms with Crippen molar-refractivity contribution in [3.05, 3.63) is 43.5 Å². The second-order valence-corrected chi connectivity index (χ2v) is 3.95. The van der Waals surface area contributed by atoms with Crippen LogP contribution in [0.15, 0.2) is 27.0 Å². The van der Waals surface area contributed by atoms with Gasteiger partial charge in [0.05, 0.1) is 18.8 Å². The number of nitrogens with one attached hydrogen (secondary N) is 1. The first-order chi connectivity index (χ1) is 9.08. The highest BCUT2D eigenvalue weighted by molar-refractivity contribution is 4.96. The van der Waals surface area contributed by atoms with Crippen LogP contribution < -0.4 is 11.2 Å². The van der Waals surface area contributed by atoms with Crippen molar-refractivity contribution in [3.8, 4) is 0 Å². The average molecular weight is 269 g/mol. The molecule has 0 radical (unpaired) electrons. The van der Waals surface area contributed by atoms with Gasteiger partial charge in [0.15, 0.2) is 6.23 Å². The predicted octanol–water partition coefficient (Wildman–Crippen LogP) is -1.53. The Labute approximate surface area is 105 Å². The van der Waals surface area contributed by atoms with Gasteiger partial charge in [-0.25, -0.2) is 4.79 Å². The average Bonchev–Trinajstić information content (AvgIpc) is 2.68. The van der Waals surface area contributed by atoms with Crippen LogP contribution in [-0.4, -0.2) is 44.6 Å². The number of aromatic nitrogens is 2. The summed E-state index contributed by atoms with van der Waals surface area (Å²) in [6.07, 6.45) is -2.22. The highest BCUT2D eigenvalue weighted by atomic mass is 16.5. The fourth-order valence-corrected chi connectivity index (χ4v) is 1.94. The summed E-state index contributed by atoms with van der Waals surface area (Å²) in [5.41, 5.74) is 7.05. The van der Waals surface area contributed by atoms with E-state index in [-0.39, 0.29) is 0 Å². The van der Waals surface area contributed by atoms with E-state index in [0.29, 0.717) is 0 Å². The number of aliphatic hydroxyl groups is 2. The molecule has 1 saturated heterocycles. The molecule has 1 aromatic heterocycles. The molecule has 1 fully saturated rings. The first-order valence-corrected chi connectivity index (χ1v) is 5.38. The summed E-state index contributed by atoms with van der Waals surface area (Å²) >= 11 is 0. The van der Waals surface area contributed by atoms with Crippen LogP contribution >= 0.6 is 0 Å². The Morgan fingerprint density at radius 3 is 2.89 bits per heavy atom. The minimum Gasteiger partial charge on any atom is -0.394 e. The van der Waals surface area contributed by atoms with Crippen LogP contribution in [0.1, 0.15) is 6.23 Å². The van der Waals surface area contributed by atoms with Crippen LogP contribution in [0.5, 0.6) is 0 Å². The highest BCUT2D eigenvalue weighted by Crippen LogP contribution is 2.30. The zero-order chi connectivity index (χ0) is 14.0. The largest absolute Gasteiger partial charge is 0.394 e. The Kier molecular flexibility index (Phi) is 3.67.